The van der Waals surface area contributed by atoms with Crippen LogP contribution in [0.25, 0.3) is 10.6 Å². The molecule has 0 unspecified atom stereocenters. The second kappa shape index (κ2) is 15.3. The van der Waals surface area contributed by atoms with Crippen molar-refractivity contribution >= 4 is 35.3 Å². The number of carbonyl (C=O) groups is 2. The van der Waals surface area contributed by atoms with Crippen molar-refractivity contribution in [3.05, 3.63) is 126 Å². The van der Waals surface area contributed by atoms with E-state index in [2.05, 4.69) is 49.2 Å². The Labute approximate surface area is 273 Å². The van der Waals surface area contributed by atoms with E-state index in [1.54, 1.807) is 18.3 Å². The first-order chi connectivity index (χ1) is 22.2. The van der Waals surface area contributed by atoms with E-state index >= 15 is 0 Å². The smallest absolute Gasteiger partial charge is 0.412 e. The molecule has 0 radical (unpaired) electrons. The average molecular weight is 635 g/mol. The number of ether oxygens (including phenoxy) is 1. The summed E-state index contributed by atoms with van der Waals surface area (Å²) >= 11 is 1.19. The van der Waals surface area contributed by atoms with Gasteiger partial charge < -0.3 is 9.64 Å². The lowest BCUT2D eigenvalue weighted by Crippen LogP contribution is -2.38. The monoisotopic (exact) mass is 634 g/mol. The van der Waals surface area contributed by atoms with E-state index in [-0.39, 0.29) is 17.9 Å². The molecule has 0 fully saturated rings. The lowest BCUT2D eigenvalue weighted by Gasteiger charge is -2.26. The van der Waals surface area contributed by atoms with Crippen LogP contribution >= 0.6 is 11.5 Å². The lowest BCUT2D eigenvalue weighted by atomic mass is 9.88. The Bertz CT molecular complexity index is 1650. The van der Waals surface area contributed by atoms with Gasteiger partial charge in [-0.25, -0.2) is 9.59 Å². The van der Waals surface area contributed by atoms with Crippen LogP contribution in [-0.4, -0.2) is 50.1 Å². The Morgan fingerprint density at radius 2 is 1.48 bits per heavy atom. The SMILES string of the molecule is CC(C)(C)OC(=O)Nc1ccc(-c2nc(NC(=O)N(CCc3ccccn3)CCC(c3ccccc3)c3ccccc3)ns2)cc1. The van der Waals surface area contributed by atoms with E-state index < -0.39 is 11.7 Å². The van der Waals surface area contributed by atoms with Crippen LogP contribution < -0.4 is 10.6 Å². The van der Waals surface area contributed by atoms with Crippen LogP contribution in [0.1, 0.15) is 49.9 Å². The van der Waals surface area contributed by atoms with Crippen molar-refractivity contribution in [1.82, 2.24) is 19.2 Å². The molecule has 2 N–H and O–H groups in total. The molecule has 0 saturated carbocycles. The quantitative estimate of drug-likeness (QED) is 0.151. The van der Waals surface area contributed by atoms with Crippen molar-refractivity contribution in [3.8, 4) is 10.6 Å². The van der Waals surface area contributed by atoms with Gasteiger partial charge in [0.15, 0.2) is 0 Å². The van der Waals surface area contributed by atoms with Gasteiger partial charge in [-0.05, 0) is 86.2 Å². The zero-order valence-electron chi connectivity index (χ0n) is 26.2. The molecule has 5 aromatic rings. The number of nitrogens with zero attached hydrogens (tertiary/aromatic N) is 4. The van der Waals surface area contributed by atoms with Gasteiger partial charge >= 0.3 is 12.1 Å². The number of urea groups is 1. The minimum absolute atomic E-state index is 0.129. The molecule has 0 aliphatic carbocycles. The molecular formula is C36H38N6O3S. The predicted octanol–water partition coefficient (Wildman–Crippen LogP) is 8.25. The molecule has 0 atom stereocenters. The Hall–Kier alpha value is -5.09. The minimum Gasteiger partial charge on any atom is -0.444 e. The van der Waals surface area contributed by atoms with Gasteiger partial charge in [-0.2, -0.15) is 9.36 Å². The van der Waals surface area contributed by atoms with E-state index in [0.717, 1.165) is 17.7 Å². The molecule has 3 aromatic carbocycles. The van der Waals surface area contributed by atoms with E-state index in [1.807, 2.05) is 92.4 Å². The van der Waals surface area contributed by atoms with E-state index in [0.29, 0.717) is 30.2 Å². The van der Waals surface area contributed by atoms with Gasteiger partial charge in [0.05, 0.1) is 0 Å². The second-order valence-electron chi connectivity index (χ2n) is 11.8. The Morgan fingerprint density at radius 1 is 0.826 bits per heavy atom. The van der Waals surface area contributed by atoms with Gasteiger partial charge in [0.2, 0.25) is 5.95 Å². The van der Waals surface area contributed by atoms with Gasteiger partial charge in [-0.1, -0.05) is 66.7 Å². The molecule has 3 amide bonds. The first-order valence-electron chi connectivity index (χ1n) is 15.2. The van der Waals surface area contributed by atoms with Crippen LogP contribution in [0.5, 0.6) is 0 Å². The van der Waals surface area contributed by atoms with Crippen LogP contribution in [0.15, 0.2) is 109 Å². The van der Waals surface area contributed by atoms with Crippen molar-refractivity contribution in [3.63, 3.8) is 0 Å². The van der Waals surface area contributed by atoms with Gasteiger partial charge in [-0.15, -0.1) is 0 Å². The van der Waals surface area contributed by atoms with Crippen LogP contribution in [-0.2, 0) is 11.2 Å². The molecule has 0 bridgehead atoms. The molecular weight excluding hydrogens is 597 g/mol. The number of anilines is 2. The highest BCUT2D eigenvalue weighted by atomic mass is 32.1. The molecule has 2 aromatic heterocycles. The van der Waals surface area contributed by atoms with Crippen molar-refractivity contribution in [1.29, 1.82) is 0 Å². The van der Waals surface area contributed by atoms with Crippen LogP contribution in [0.3, 0.4) is 0 Å². The topological polar surface area (TPSA) is 109 Å². The van der Waals surface area contributed by atoms with E-state index in [4.69, 9.17) is 4.74 Å². The van der Waals surface area contributed by atoms with Gasteiger partial charge in [0.25, 0.3) is 0 Å². The molecule has 0 aliphatic heterocycles. The minimum atomic E-state index is -0.586. The Kier molecular flexibility index (Phi) is 10.7. The maximum atomic E-state index is 13.7. The summed E-state index contributed by atoms with van der Waals surface area (Å²) < 4.78 is 9.72. The maximum Gasteiger partial charge on any atom is 0.412 e. The molecule has 46 heavy (non-hydrogen) atoms. The fourth-order valence-corrected chi connectivity index (χ4v) is 5.60. The number of rotatable bonds is 11. The third-order valence-electron chi connectivity index (χ3n) is 7.16. The second-order valence-corrected chi connectivity index (χ2v) is 12.5. The summed E-state index contributed by atoms with van der Waals surface area (Å²) in [5, 5.41) is 6.28. The molecule has 0 aliphatic rings. The maximum absolute atomic E-state index is 13.7. The Morgan fingerprint density at radius 3 is 2.09 bits per heavy atom. The average Bonchev–Trinajstić information content (AvgIpc) is 3.52. The van der Waals surface area contributed by atoms with Gasteiger partial charge in [0.1, 0.15) is 10.6 Å². The summed E-state index contributed by atoms with van der Waals surface area (Å²) in [5.41, 5.74) is 4.16. The number of hydrogen-bond acceptors (Lipinski definition) is 7. The highest BCUT2D eigenvalue weighted by Crippen LogP contribution is 2.29. The predicted molar refractivity (Wildman–Crippen MR) is 183 cm³/mol. The third kappa shape index (κ3) is 9.45. The van der Waals surface area contributed by atoms with Crippen LogP contribution in [0, 0.1) is 0 Å². The molecule has 236 valence electrons. The first-order valence-corrected chi connectivity index (χ1v) is 16.0. The van der Waals surface area contributed by atoms with Crippen molar-refractivity contribution in [2.45, 2.75) is 45.1 Å². The number of benzene rings is 3. The summed E-state index contributed by atoms with van der Waals surface area (Å²) in [5.74, 6) is 0.371. The molecule has 5 rings (SSSR count). The van der Waals surface area contributed by atoms with Crippen LogP contribution in [0.4, 0.5) is 21.2 Å². The van der Waals surface area contributed by atoms with E-state index in [1.165, 1.54) is 22.7 Å². The normalized spacial score (nSPS) is 11.2. The van der Waals surface area contributed by atoms with E-state index in [9.17, 15) is 9.59 Å². The number of amides is 3. The zero-order chi connectivity index (χ0) is 32.4. The van der Waals surface area contributed by atoms with Crippen molar-refractivity contribution in [2.24, 2.45) is 0 Å². The molecule has 0 saturated heterocycles. The highest BCUT2D eigenvalue weighted by Gasteiger charge is 2.21. The summed E-state index contributed by atoms with van der Waals surface area (Å²) in [6.45, 7) is 6.45. The first kappa shape index (κ1) is 32.3. The molecule has 0 spiro atoms. The van der Waals surface area contributed by atoms with Crippen molar-refractivity contribution in [2.75, 3.05) is 23.7 Å². The molecule has 9 nitrogen and oxygen atoms in total. The van der Waals surface area contributed by atoms with Gasteiger partial charge in [0, 0.05) is 48.6 Å². The number of hydrogen-bond donors (Lipinski definition) is 2. The van der Waals surface area contributed by atoms with Crippen molar-refractivity contribution < 1.29 is 14.3 Å². The number of carbonyl (C=O) groups excluding carboxylic acids is 2. The summed E-state index contributed by atoms with van der Waals surface area (Å²) in [4.78, 5) is 36.6. The number of nitrogens with one attached hydrogen (secondary N) is 2. The van der Waals surface area contributed by atoms with Gasteiger partial charge in [-0.3, -0.25) is 15.6 Å². The molecule has 10 heteroatoms. The summed E-state index contributed by atoms with van der Waals surface area (Å²) in [6, 6.07) is 33.5. The zero-order valence-corrected chi connectivity index (χ0v) is 27.0. The standard InChI is InChI=1S/C36H38N6O3S/c1-36(2,3)45-35(44)38-30-19-17-28(18-20-30)32-39-33(41-46-32)40-34(43)42(24-21-29-16-10-11-23-37-29)25-22-31(26-12-6-4-7-13-26)27-14-8-5-9-15-27/h4-20,23,31H,21-22,24-25H2,1-3H3,(H,38,44)(H,40,41,43). The third-order valence-corrected chi connectivity index (χ3v) is 7.93. The van der Waals surface area contributed by atoms with Crippen LogP contribution in [0.2, 0.25) is 0 Å². The largest absolute Gasteiger partial charge is 0.444 e. The summed E-state index contributed by atoms with van der Waals surface area (Å²) in [6.07, 6.45) is 2.60. The fourth-order valence-electron chi connectivity index (χ4n) is 4.98. The summed E-state index contributed by atoms with van der Waals surface area (Å²) in [7, 11) is 0. The molecule has 2 heterocycles. The fraction of sp³-hybridized carbons (Fsp3) is 0.250. The highest BCUT2D eigenvalue weighted by molar-refractivity contribution is 7.09. The lowest BCUT2D eigenvalue weighted by molar-refractivity contribution is 0.0636. The number of aromatic nitrogens is 3. The number of pyridine rings is 1. The Balaban J connectivity index is 1.27.